The van der Waals surface area contributed by atoms with Gasteiger partial charge in [0.1, 0.15) is 61.3 Å². The molecular weight excluding hydrogens is 1420 g/mol. The number of aliphatic hydroxyl groups is 8. The summed E-state index contributed by atoms with van der Waals surface area (Å²) in [6.07, 6.45) is -24.3. The second-order valence-corrected chi connectivity index (χ2v) is 25.6. The Bertz CT molecular complexity index is 4100. The molecule has 5 unspecified atom stereocenters. The standard InChI is InChI=1S/C69H81N9O29/c1-32-20-42-62(89)77(68(95)102-30-34-10-12-44(38(22-34)58(85)71-14-9-15-73-74-70)104-66-54(83)50(79)52(81)56(106-66)64(91)92)40-26-48(46(98-4)24-36(40)60(87)75(42)28-32)100-17-7-6-8-18-101-49-27-41-37(25-47(49)99-5)61(88)76-29-33(2)21-43(76)63(90)78(41)69(96)103-31-35-11-13-45(39(23-35)59(86)72-16-19-97-3)105-67-55(84)51(80)53(82)57(107-67)65(93)94/h10-13,22-27,42-43,50-57,62-63,66-67,79-84,89-90H,1-2,6-9,14-21,28-31H2,3-5H3,(H,71,85)(H,72,86)(H,91,92)(H,93,94)/t42-,43-,50?,51?,52-,53?,54+,55+,56-,57-,62?,63?,66+,67+/m0/s1. The largest absolute Gasteiger partial charge is 0.493 e. The maximum absolute atomic E-state index is 14.6. The number of unbranched alkanes of at least 4 members (excludes halogenated alkanes) is 2. The number of carboxylic acid groups (broad SMARTS) is 2. The van der Waals surface area contributed by atoms with Crippen molar-refractivity contribution in [2.75, 3.05) is 83.7 Å². The highest BCUT2D eigenvalue weighted by Crippen LogP contribution is 2.45. The van der Waals surface area contributed by atoms with E-state index < -0.39 is 147 Å². The quantitative estimate of drug-likeness (QED) is 0.0119. The Kier molecular flexibility index (Phi) is 25.6. The number of ether oxygens (including phenoxy) is 11. The average molecular weight is 1500 g/mol. The first kappa shape index (κ1) is 79.0. The fourth-order valence-corrected chi connectivity index (χ4v) is 12.8. The van der Waals surface area contributed by atoms with Gasteiger partial charge in [0.2, 0.25) is 12.6 Å². The molecule has 576 valence electrons. The van der Waals surface area contributed by atoms with E-state index in [4.69, 9.17) is 57.6 Å². The lowest BCUT2D eigenvalue weighted by Gasteiger charge is -2.38. The number of anilines is 2. The molecule has 6 heterocycles. The number of amides is 6. The Balaban J connectivity index is 0.825. The summed E-state index contributed by atoms with van der Waals surface area (Å²) in [5.74, 6) is -6.45. The number of azide groups is 1. The summed E-state index contributed by atoms with van der Waals surface area (Å²) < 4.78 is 62.5. The summed E-state index contributed by atoms with van der Waals surface area (Å²) in [4.78, 5) is 116. The van der Waals surface area contributed by atoms with Gasteiger partial charge in [-0.1, -0.05) is 41.6 Å². The normalized spacial score (nSPS) is 25.1. The fraction of sp³-hybridized carbons (Fsp3) is 0.478. The van der Waals surface area contributed by atoms with Crippen LogP contribution in [0.3, 0.4) is 0 Å². The predicted octanol–water partition coefficient (Wildman–Crippen LogP) is 1.17. The van der Waals surface area contributed by atoms with Gasteiger partial charge in [-0.25, -0.2) is 29.0 Å². The van der Waals surface area contributed by atoms with Crippen molar-refractivity contribution in [1.29, 1.82) is 0 Å². The molecule has 0 aliphatic carbocycles. The van der Waals surface area contributed by atoms with E-state index in [-0.39, 0.29) is 151 Å². The van der Waals surface area contributed by atoms with Crippen molar-refractivity contribution in [3.05, 3.63) is 129 Å². The number of methoxy groups -OCH3 is 3. The summed E-state index contributed by atoms with van der Waals surface area (Å²) in [5, 5.41) is 115. The zero-order valence-corrected chi connectivity index (χ0v) is 57.9. The summed E-state index contributed by atoms with van der Waals surface area (Å²) in [5.41, 5.74) is 9.24. The van der Waals surface area contributed by atoms with Crippen LogP contribution in [-0.2, 0) is 46.5 Å². The molecule has 38 heteroatoms. The van der Waals surface area contributed by atoms with Gasteiger partial charge < -0.3 is 124 Å². The van der Waals surface area contributed by atoms with Gasteiger partial charge in [0.25, 0.3) is 23.6 Å². The molecule has 10 rings (SSSR count). The van der Waals surface area contributed by atoms with Gasteiger partial charge in [-0.3, -0.25) is 19.2 Å². The highest BCUT2D eigenvalue weighted by molar-refractivity contribution is 6.07. The number of carboxylic acids is 2. The van der Waals surface area contributed by atoms with Crippen LogP contribution in [0.5, 0.6) is 34.5 Å². The number of nitrogens with one attached hydrogen (secondary N) is 2. The molecule has 0 radical (unpaired) electrons. The molecule has 0 bridgehead atoms. The van der Waals surface area contributed by atoms with Gasteiger partial charge in [0.05, 0.1) is 79.8 Å². The van der Waals surface area contributed by atoms with E-state index in [0.717, 1.165) is 9.80 Å². The van der Waals surface area contributed by atoms with Crippen LogP contribution < -0.4 is 48.9 Å². The molecule has 6 amide bonds. The molecule has 4 fully saturated rings. The minimum absolute atomic E-state index is 0.000461. The fourth-order valence-electron chi connectivity index (χ4n) is 12.8. The number of fused-ring (bicyclic) bond motifs is 4. The molecule has 6 aliphatic heterocycles. The third-order valence-corrected chi connectivity index (χ3v) is 18.4. The molecule has 4 aromatic carbocycles. The molecule has 6 aliphatic rings. The average Bonchev–Trinajstić information content (AvgIpc) is 1.63. The van der Waals surface area contributed by atoms with Crippen LogP contribution >= 0.6 is 0 Å². The summed E-state index contributed by atoms with van der Waals surface area (Å²) in [7, 11) is 4.07. The van der Waals surface area contributed by atoms with Crippen LogP contribution in [0.25, 0.3) is 10.4 Å². The zero-order chi connectivity index (χ0) is 77.2. The molecule has 38 nitrogen and oxygen atoms in total. The number of carbonyl (C=O) groups is 8. The van der Waals surface area contributed by atoms with E-state index in [1.807, 2.05) is 0 Å². The molecule has 14 atom stereocenters. The monoisotopic (exact) mass is 1500 g/mol. The van der Waals surface area contributed by atoms with Crippen molar-refractivity contribution in [3.63, 3.8) is 0 Å². The number of benzene rings is 4. The Morgan fingerprint density at radius 3 is 1.38 bits per heavy atom. The first-order chi connectivity index (χ1) is 51.2. The van der Waals surface area contributed by atoms with Gasteiger partial charge in [-0.05, 0) is 91.6 Å². The molecule has 12 N–H and O–H groups in total. The number of hydrogen-bond donors (Lipinski definition) is 12. The van der Waals surface area contributed by atoms with Gasteiger partial charge >= 0.3 is 24.1 Å². The maximum Gasteiger partial charge on any atom is 0.416 e. The molecule has 0 aromatic heterocycles. The molecule has 0 spiro atoms. The van der Waals surface area contributed by atoms with Crippen LogP contribution in [0.2, 0.25) is 0 Å². The molecule has 4 aromatic rings. The van der Waals surface area contributed by atoms with Crippen molar-refractivity contribution in [1.82, 2.24) is 20.4 Å². The Morgan fingerprint density at radius 2 is 0.981 bits per heavy atom. The molecule has 4 saturated heterocycles. The minimum atomic E-state index is -2.05. The molecule has 107 heavy (non-hydrogen) atoms. The number of rotatable bonds is 29. The van der Waals surface area contributed by atoms with E-state index >= 15 is 0 Å². The first-order valence-corrected chi connectivity index (χ1v) is 33.6. The van der Waals surface area contributed by atoms with Gasteiger partial charge in [-0.15, -0.1) is 0 Å². The highest BCUT2D eigenvalue weighted by Gasteiger charge is 2.52. The van der Waals surface area contributed by atoms with E-state index in [2.05, 4.69) is 33.8 Å². The van der Waals surface area contributed by atoms with Crippen molar-refractivity contribution < 1.29 is 142 Å². The smallest absolute Gasteiger partial charge is 0.416 e. The van der Waals surface area contributed by atoms with E-state index in [1.54, 1.807) is 0 Å². The van der Waals surface area contributed by atoms with E-state index in [1.165, 1.54) is 91.8 Å². The Hall–Kier alpha value is -10.6. The van der Waals surface area contributed by atoms with Crippen LogP contribution in [0.15, 0.2) is 90.1 Å². The van der Waals surface area contributed by atoms with Crippen molar-refractivity contribution in [2.45, 2.75) is 138 Å². The van der Waals surface area contributed by atoms with Crippen LogP contribution in [-0.4, -0.2) is 268 Å². The number of aliphatic hydroxyl groups excluding tert-OH is 8. The minimum Gasteiger partial charge on any atom is -0.493 e. The SMILES string of the molecule is C=C1C[C@H]2C(O)N(C(=O)OCc3ccc(O[C@@H]4O[C@H](C(=O)O)C(O)C(O)[C@H]4O)c(C(=O)NCCOC)c3)c3cc(OCCCCCOc4cc5c(cc4OC)C(=O)N4CC(=C)C[C@H]4C(O)N5C(=O)OCc4ccc(O[C@@H]5O[C@H](C(=O)O)[C@@H](O)C(O)[C@H]5O)c(C(=O)NCCCN=[N+]=[N-])c4)c(OC)cc3C(=O)N2C1. The number of aliphatic carboxylic acids is 2. The number of hydrogen-bond acceptors (Lipinski definition) is 28. The second-order valence-electron chi connectivity index (χ2n) is 25.6. The van der Waals surface area contributed by atoms with Gasteiger partial charge in [0.15, 0.2) is 47.7 Å². The molecular formula is C69H81N9O29. The number of carbonyl (C=O) groups excluding carboxylic acids is 6. The predicted molar refractivity (Wildman–Crippen MR) is 363 cm³/mol. The summed E-state index contributed by atoms with van der Waals surface area (Å²) in [6, 6.07) is 11.0. The van der Waals surface area contributed by atoms with Gasteiger partial charge in [0, 0.05) is 56.9 Å². The van der Waals surface area contributed by atoms with Crippen LogP contribution in [0, 0.1) is 0 Å². The van der Waals surface area contributed by atoms with E-state index in [9.17, 15) is 89.4 Å². The van der Waals surface area contributed by atoms with Gasteiger partial charge in [-0.2, -0.15) is 0 Å². The molecule has 0 saturated carbocycles. The second kappa shape index (κ2) is 34.7. The zero-order valence-electron chi connectivity index (χ0n) is 57.9. The Labute approximate surface area is 608 Å². The summed E-state index contributed by atoms with van der Waals surface area (Å²) in [6.45, 7) is 7.05. The number of nitrogens with zero attached hydrogens (tertiary/aromatic N) is 7. The van der Waals surface area contributed by atoms with E-state index in [0.29, 0.717) is 30.4 Å². The topological polar surface area (TPSA) is 526 Å². The summed E-state index contributed by atoms with van der Waals surface area (Å²) >= 11 is 0. The van der Waals surface area contributed by atoms with Crippen LogP contribution in [0.1, 0.15) is 91.1 Å². The third-order valence-electron chi connectivity index (χ3n) is 18.4. The maximum atomic E-state index is 14.6. The lowest BCUT2D eigenvalue weighted by molar-refractivity contribution is -0.271. The lowest BCUT2D eigenvalue weighted by atomic mass is 9.99. The van der Waals surface area contributed by atoms with Crippen molar-refractivity contribution in [3.8, 4) is 34.5 Å². The highest BCUT2D eigenvalue weighted by atomic mass is 16.7. The Morgan fingerprint density at radius 1 is 0.551 bits per heavy atom. The van der Waals surface area contributed by atoms with Crippen molar-refractivity contribution in [2.24, 2.45) is 5.11 Å². The van der Waals surface area contributed by atoms with Crippen LogP contribution in [0.4, 0.5) is 21.0 Å². The van der Waals surface area contributed by atoms with Crippen molar-refractivity contribution >= 4 is 59.1 Å². The lowest BCUT2D eigenvalue weighted by Crippen LogP contribution is -2.61. The third kappa shape index (κ3) is 17.3. The first-order valence-electron chi connectivity index (χ1n) is 33.6.